The smallest absolute Gasteiger partial charge is 0.193 e. The van der Waals surface area contributed by atoms with Gasteiger partial charge in [0.15, 0.2) is 17.5 Å². The number of hydrogen-bond donors (Lipinski definition) is 2. The van der Waals surface area contributed by atoms with E-state index in [2.05, 4.69) is 27.5 Å². The number of nitrogens with one attached hydrogen (secondary N) is 1. The summed E-state index contributed by atoms with van der Waals surface area (Å²) < 4.78 is 13.2. The fraction of sp³-hybridized carbons (Fsp3) is 0.238. The zero-order valence-electron chi connectivity index (χ0n) is 16.0. The Morgan fingerprint density at radius 2 is 1.90 bits per heavy atom. The predicted octanol–water partition coefficient (Wildman–Crippen LogP) is 3.62. The third kappa shape index (κ3) is 5.63. The number of rotatable bonds is 5. The number of ether oxygens (including phenoxy) is 2. The van der Waals surface area contributed by atoms with Crippen molar-refractivity contribution in [3.63, 3.8) is 0 Å². The van der Waals surface area contributed by atoms with E-state index in [-0.39, 0.29) is 24.0 Å². The summed E-state index contributed by atoms with van der Waals surface area (Å²) in [5, 5.41) is 7.33. The molecule has 1 aliphatic rings. The van der Waals surface area contributed by atoms with Crippen LogP contribution in [-0.4, -0.2) is 35.5 Å². The van der Waals surface area contributed by atoms with E-state index >= 15 is 0 Å². The van der Waals surface area contributed by atoms with Crippen molar-refractivity contribution in [2.24, 2.45) is 10.7 Å². The highest BCUT2D eigenvalue weighted by Crippen LogP contribution is 2.32. The zero-order valence-corrected chi connectivity index (χ0v) is 18.3. The monoisotopic (exact) mass is 505 g/mol. The minimum atomic E-state index is 0. The zero-order chi connectivity index (χ0) is 19.2. The van der Waals surface area contributed by atoms with Crippen molar-refractivity contribution in [3.05, 3.63) is 66.5 Å². The number of anilines is 1. The fourth-order valence-electron chi connectivity index (χ4n) is 2.97. The van der Waals surface area contributed by atoms with Gasteiger partial charge in [-0.2, -0.15) is 5.10 Å². The van der Waals surface area contributed by atoms with Gasteiger partial charge in [-0.3, -0.25) is 4.99 Å². The average molecular weight is 505 g/mol. The van der Waals surface area contributed by atoms with Crippen molar-refractivity contribution < 1.29 is 9.47 Å². The Balaban J connectivity index is 0.00000240. The second kappa shape index (κ2) is 10.1. The van der Waals surface area contributed by atoms with Crippen molar-refractivity contribution in [2.75, 3.05) is 25.1 Å². The number of nitrogens with two attached hydrogens (primary N) is 1. The van der Waals surface area contributed by atoms with E-state index in [9.17, 15) is 0 Å². The number of hydrogen-bond acceptors (Lipinski definition) is 4. The van der Waals surface area contributed by atoms with Crippen LogP contribution in [0.2, 0.25) is 0 Å². The molecule has 0 amide bonds. The number of halogens is 1. The molecule has 0 aliphatic carbocycles. The number of benzene rings is 2. The van der Waals surface area contributed by atoms with Gasteiger partial charge in [0.2, 0.25) is 0 Å². The first-order chi connectivity index (χ1) is 13.8. The third-order valence-electron chi connectivity index (χ3n) is 4.41. The molecule has 0 saturated heterocycles. The van der Waals surface area contributed by atoms with E-state index < -0.39 is 0 Å². The number of guanidine groups is 1. The van der Waals surface area contributed by atoms with Crippen molar-refractivity contribution in [3.8, 4) is 17.2 Å². The van der Waals surface area contributed by atoms with Gasteiger partial charge < -0.3 is 20.5 Å². The van der Waals surface area contributed by atoms with Gasteiger partial charge in [0.05, 0.1) is 18.9 Å². The molecule has 0 atom stereocenters. The minimum Gasteiger partial charge on any atom is -0.490 e. The highest BCUT2D eigenvalue weighted by atomic mass is 127. The first-order valence-electron chi connectivity index (χ1n) is 9.33. The van der Waals surface area contributed by atoms with Crippen LogP contribution in [0.3, 0.4) is 0 Å². The lowest BCUT2D eigenvalue weighted by molar-refractivity contribution is 0.297. The Morgan fingerprint density at radius 1 is 1.10 bits per heavy atom. The number of nitrogens with zero attached hydrogens (tertiary/aromatic N) is 3. The maximum Gasteiger partial charge on any atom is 0.193 e. The Labute approximate surface area is 186 Å². The van der Waals surface area contributed by atoms with E-state index in [1.54, 1.807) is 6.20 Å². The van der Waals surface area contributed by atoms with Gasteiger partial charge in [-0.05, 0) is 42.3 Å². The van der Waals surface area contributed by atoms with Crippen LogP contribution in [0.25, 0.3) is 5.69 Å². The van der Waals surface area contributed by atoms with Crippen LogP contribution in [0.15, 0.2) is 65.9 Å². The van der Waals surface area contributed by atoms with Gasteiger partial charge in [0, 0.05) is 37.1 Å². The maximum absolute atomic E-state index is 6.02. The van der Waals surface area contributed by atoms with Crippen molar-refractivity contribution in [1.82, 2.24) is 9.78 Å². The number of aliphatic imine (C=N–C) groups is 1. The van der Waals surface area contributed by atoms with Crippen LogP contribution < -0.4 is 20.5 Å². The molecule has 152 valence electrons. The van der Waals surface area contributed by atoms with Crippen LogP contribution in [0.1, 0.15) is 12.0 Å². The summed E-state index contributed by atoms with van der Waals surface area (Å²) >= 11 is 0. The third-order valence-corrected chi connectivity index (χ3v) is 4.41. The molecule has 1 aromatic heterocycles. The number of aromatic nitrogens is 2. The molecule has 0 fully saturated rings. The highest BCUT2D eigenvalue weighted by molar-refractivity contribution is 14.0. The minimum absolute atomic E-state index is 0. The molecule has 0 unspecified atom stereocenters. The van der Waals surface area contributed by atoms with Crippen molar-refractivity contribution in [1.29, 1.82) is 0 Å². The molecule has 2 heterocycles. The van der Waals surface area contributed by atoms with E-state index in [0.717, 1.165) is 35.7 Å². The summed E-state index contributed by atoms with van der Waals surface area (Å²) in [5.41, 5.74) is 9.08. The van der Waals surface area contributed by atoms with Crippen molar-refractivity contribution >= 4 is 35.6 Å². The molecule has 4 rings (SSSR count). The molecular weight excluding hydrogens is 481 g/mol. The Bertz CT molecular complexity index is 942. The van der Waals surface area contributed by atoms with E-state index in [1.165, 1.54) is 5.56 Å². The lowest BCUT2D eigenvalue weighted by Crippen LogP contribution is -2.23. The molecule has 0 saturated carbocycles. The lowest BCUT2D eigenvalue weighted by Gasteiger charge is -2.10. The largest absolute Gasteiger partial charge is 0.490 e. The first-order valence-corrected chi connectivity index (χ1v) is 9.33. The Morgan fingerprint density at radius 3 is 2.66 bits per heavy atom. The molecule has 3 aromatic rings. The van der Waals surface area contributed by atoms with Gasteiger partial charge in [0.1, 0.15) is 0 Å². The van der Waals surface area contributed by atoms with Crippen LogP contribution in [-0.2, 0) is 6.42 Å². The summed E-state index contributed by atoms with van der Waals surface area (Å²) in [5.74, 6) is 1.87. The van der Waals surface area contributed by atoms with Crippen LogP contribution >= 0.6 is 24.0 Å². The summed E-state index contributed by atoms with van der Waals surface area (Å²) in [7, 11) is 0. The second-order valence-corrected chi connectivity index (χ2v) is 6.47. The first kappa shape index (κ1) is 21.0. The Kier molecular flexibility index (Phi) is 7.34. The maximum atomic E-state index is 6.02. The predicted molar refractivity (Wildman–Crippen MR) is 125 cm³/mol. The summed E-state index contributed by atoms with van der Waals surface area (Å²) in [6.45, 7) is 1.93. The molecular formula is C21H24IN5O2. The van der Waals surface area contributed by atoms with Gasteiger partial charge in [-0.15, -0.1) is 24.0 Å². The van der Waals surface area contributed by atoms with Gasteiger partial charge in [-0.1, -0.05) is 12.1 Å². The van der Waals surface area contributed by atoms with E-state index in [0.29, 0.717) is 25.7 Å². The second-order valence-electron chi connectivity index (χ2n) is 6.47. The summed E-state index contributed by atoms with van der Waals surface area (Å²) in [4.78, 5) is 4.41. The molecule has 8 heteroatoms. The van der Waals surface area contributed by atoms with Crippen molar-refractivity contribution in [2.45, 2.75) is 12.8 Å². The normalized spacial score (nSPS) is 13.3. The highest BCUT2D eigenvalue weighted by Gasteiger charge is 2.10. The molecule has 1 aliphatic heterocycles. The fourth-order valence-corrected chi connectivity index (χ4v) is 2.97. The number of fused-ring (bicyclic) bond motifs is 1. The molecule has 0 bridgehead atoms. The molecule has 0 spiro atoms. The van der Waals surface area contributed by atoms with Crippen LogP contribution in [0.5, 0.6) is 11.5 Å². The van der Waals surface area contributed by atoms with Gasteiger partial charge >= 0.3 is 0 Å². The SMILES string of the molecule is I.NC(=NCCc1ccc(-n2cccn2)cc1)Nc1ccc2c(c1)OCCCO2. The topological polar surface area (TPSA) is 86.7 Å². The molecule has 2 aromatic carbocycles. The summed E-state index contributed by atoms with van der Waals surface area (Å²) in [6, 6.07) is 15.8. The van der Waals surface area contributed by atoms with Gasteiger partial charge in [-0.25, -0.2) is 4.68 Å². The standard InChI is InChI=1S/C21H23N5O2.HI/c22-21(25-17-5-8-19-20(15-17)28-14-2-13-27-19)23-11-9-16-3-6-18(7-4-16)26-12-1-10-24-26;/h1,3-8,10,12,15H,2,9,11,13-14H2,(H3,22,23,25);1H. The molecule has 29 heavy (non-hydrogen) atoms. The van der Waals surface area contributed by atoms with E-state index in [4.69, 9.17) is 15.2 Å². The quantitative estimate of drug-likeness (QED) is 0.314. The van der Waals surface area contributed by atoms with Crippen LogP contribution in [0, 0.1) is 0 Å². The summed E-state index contributed by atoms with van der Waals surface area (Å²) in [6.07, 6.45) is 5.37. The molecule has 3 N–H and O–H groups in total. The van der Waals surface area contributed by atoms with E-state index in [1.807, 2.05) is 47.3 Å². The molecule has 0 radical (unpaired) electrons. The Hall–Kier alpha value is -2.75. The average Bonchev–Trinajstić information content (AvgIpc) is 3.14. The van der Waals surface area contributed by atoms with Crippen LogP contribution in [0.4, 0.5) is 5.69 Å². The molecule has 7 nitrogen and oxygen atoms in total. The lowest BCUT2D eigenvalue weighted by atomic mass is 10.1. The van der Waals surface area contributed by atoms with Gasteiger partial charge in [0.25, 0.3) is 0 Å².